The first-order valence-corrected chi connectivity index (χ1v) is 9.37. The average Bonchev–Trinajstić information content (AvgIpc) is 3.27. The van der Waals surface area contributed by atoms with E-state index in [1.807, 2.05) is 33.9 Å². The summed E-state index contributed by atoms with van der Waals surface area (Å²) in [5.41, 5.74) is 2.89. The van der Waals surface area contributed by atoms with E-state index in [1.54, 1.807) is 24.8 Å². The van der Waals surface area contributed by atoms with Crippen LogP contribution in [0, 0.1) is 0 Å². The summed E-state index contributed by atoms with van der Waals surface area (Å²) < 4.78 is 1.99. The Hall–Kier alpha value is -3.15. The molecule has 0 unspecified atom stereocenters. The number of carbonyl (C=O) groups is 1. The van der Waals surface area contributed by atoms with Crippen LogP contribution in [0.1, 0.15) is 35.2 Å². The summed E-state index contributed by atoms with van der Waals surface area (Å²) in [4.78, 5) is 23.1. The smallest absolute Gasteiger partial charge is 0.254 e. The molecule has 1 aromatic carbocycles. The molecular weight excluding hydrogens is 338 g/mol. The Kier molecular flexibility index (Phi) is 5.14. The van der Waals surface area contributed by atoms with Crippen LogP contribution in [0.15, 0.2) is 61.3 Å². The number of imidazole rings is 1. The highest BCUT2D eigenvalue weighted by atomic mass is 16.2. The molecule has 1 saturated heterocycles. The van der Waals surface area contributed by atoms with Gasteiger partial charge in [-0.05, 0) is 43.0 Å². The lowest BCUT2D eigenvalue weighted by molar-refractivity contribution is 0.0724. The van der Waals surface area contributed by atoms with Gasteiger partial charge in [-0.3, -0.25) is 4.79 Å². The molecule has 0 spiro atoms. The van der Waals surface area contributed by atoms with Crippen molar-refractivity contribution in [3.63, 3.8) is 0 Å². The van der Waals surface area contributed by atoms with Crippen molar-refractivity contribution in [2.24, 2.45) is 0 Å². The molecule has 3 heterocycles. The van der Waals surface area contributed by atoms with Crippen molar-refractivity contribution >= 4 is 11.7 Å². The maximum atomic E-state index is 12.7. The third-order valence-corrected chi connectivity index (χ3v) is 4.88. The maximum absolute atomic E-state index is 12.7. The third kappa shape index (κ3) is 4.00. The molecule has 6 heteroatoms. The highest BCUT2D eigenvalue weighted by molar-refractivity contribution is 5.94. The minimum Gasteiger partial charge on any atom is -0.366 e. The summed E-state index contributed by atoms with van der Waals surface area (Å²) >= 11 is 0. The highest BCUT2D eigenvalue weighted by Gasteiger charge is 2.18. The molecule has 1 amide bonds. The number of piperidine rings is 1. The summed E-state index contributed by atoms with van der Waals surface area (Å²) in [5.74, 6) is 0.803. The summed E-state index contributed by atoms with van der Waals surface area (Å²) in [6.07, 6.45) is 10.6. The van der Waals surface area contributed by atoms with Gasteiger partial charge in [-0.15, -0.1) is 0 Å². The number of anilines is 1. The molecular formula is C21H23N5O. The van der Waals surface area contributed by atoms with Crippen LogP contribution in [0.25, 0.3) is 5.69 Å². The Balaban J connectivity index is 1.47. The predicted octanol–water partition coefficient (Wildman–Crippen LogP) is 3.51. The van der Waals surface area contributed by atoms with Crippen LogP contribution in [0.4, 0.5) is 5.82 Å². The number of likely N-dealkylation sites (tertiary alicyclic amines) is 1. The van der Waals surface area contributed by atoms with Gasteiger partial charge < -0.3 is 14.8 Å². The molecule has 1 aliphatic heterocycles. The number of benzene rings is 1. The second kappa shape index (κ2) is 8.03. The van der Waals surface area contributed by atoms with E-state index in [-0.39, 0.29) is 5.91 Å². The summed E-state index contributed by atoms with van der Waals surface area (Å²) in [6.45, 7) is 2.31. The fourth-order valence-electron chi connectivity index (χ4n) is 3.44. The number of para-hydroxylation sites is 1. The van der Waals surface area contributed by atoms with E-state index in [2.05, 4.69) is 27.4 Å². The van der Waals surface area contributed by atoms with E-state index < -0.39 is 0 Å². The van der Waals surface area contributed by atoms with E-state index in [0.717, 1.165) is 37.2 Å². The number of nitrogens with one attached hydrogen (secondary N) is 1. The maximum Gasteiger partial charge on any atom is 0.254 e. The van der Waals surface area contributed by atoms with Crippen LogP contribution < -0.4 is 5.32 Å². The zero-order valence-corrected chi connectivity index (χ0v) is 15.2. The Bertz CT molecular complexity index is 900. The zero-order valence-electron chi connectivity index (χ0n) is 15.2. The molecule has 3 aromatic rings. The summed E-state index contributed by atoms with van der Waals surface area (Å²) in [7, 11) is 0. The number of hydrogen-bond donors (Lipinski definition) is 1. The molecule has 0 saturated carbocycles. The zero-order chi connectivity index (χ0) is 18.5. The SMILES string of the molecule is O=C(c1ccnc(NCc2ccccc2-n2ccnc2)c1)N1CCCCC1. The lowest BCUT2D eigenvalue weighted by atomic mass is 10.1. The second-order valence-electron chi connectivity index (χ2n) is 6.73. The van der Waals surface area contributed by atoms with Gasteiger partial charge in [0.2, 0.25) is 0 Å². The molecule has 0 bridgehead atoms. The molecule has 27 heavy (non-hydrogen) atoms. The molecule has 2 aromatic heterocycles. The van der Waals surface area contributed by atoms with Gasteiger partial charge >= 0.3 is 0 Å². The van der Waals surface area contributed by atoms with Crippen molar-refractivity contribution in [3.05, 3.63) is 72.4 Å². The topological polar surface area (TPSA) is 63.1 Å². The van der Waals surface area contributed by atoms with Crippen molar-refractivity contribution in [3.8, 4) is 5.69 Å². The first kappa shape index (κ1) is 17.3. The van der Waals surface area contributed by atoms with Crippen LogP contribution in [-0.2, 0) is 6.54 Å². The summed E-state index contributed by atoms with van der Waals surface area (Å²) in [6, 6.07) is 11.8. The number of rotatable bonds is 5. The first-order chi connectivity index (χ1) is 13.3. The minimum atomic E-state index is 0.0963. The Morgan fingerprint density at radius 2 is 1.93 bits per heavy atom. The molecule has 0 atom stereocenters. The fraction of sp³-hybridized carbons (Fsp3) is 0.286. The van der Waals surface area contributed by atoms with Gasteiger partial charge in [0.15, 0.2) is 0 Å². The van der Waals surface area contributed by atoms with Gasteiger partial charge in [0.05, 0.1) is 12.0 Å². The molecule has 6 nitrogen and oxygen atoms in total. The number of amides is 1. The monoisotopic (exact) mass is 361 g/mol. The number of aromatic nitrogens is 3. The Morgan fingerprint density at radius 3 is 2.74 bits per heavy atom. The van der Waals surface area contributed by atoms with Crippen LogP contribution in [0.3, 0.4) is 0 Å². The quantitative estimate of drug-likeness (QED) is 0.755. The lowest BCUT2D eigenvalue weighted by Crippen LogP contribution is -2.35. The van der Waals surface area contributed by atoms with Crippen LogP contribution in [0.2, 0.25) is 0 Å². The Morgan fingerprint density at radius 1 is 1.07 bits per heavy atom. The highest BCUT2D eigenvalue weighted by Crippen LogP contribution is 2.18. The van der Waals surface area contributed by atoms with Crippen molar-refractivity contribution in [2.75, 3.05) is 18.4 Å². The second-order valence-corrected chi connectivity index (χ2v) is 6.73. The van der Waals surface area contributed by atoms with Gasteiger partial charge in [-0.25, -0.2) is 9.97 Å². The van der Waals surface area contributed by atoms with Crippen molar-refractivity contribution in [1.82, 2.24) is 19.4 Å². The average molecular weight is 361 g/mol. The molecule has 138 valence electrons. The van der Waals surface area contributed by atoms with Crippen LogP contribution in [-0.4, -0.2) is 38.4 Å². The predicted molar refractivity (Wildman–Crippen MR) is 105 cm³/mol. The van der Waals surface area contributed by atoms with Gasteiger partial charge in [0.25, 0.3) is 5.91 Å². The first-order valence-electron chi connectivity index (χ1n) is 9.37. The van der Waals surface area contributed by atoms with E-state index in [4.69, 9.17) is 0 Å². The Labute approximate surface area is 158 Å². The van der Waals surface area contributed by atoms with Crippen molar-refractivity contribution in [2.45, 2.75) is 25.8 Å². The largest absolute Gasteiger partial charge is 0.366 e. The van der Waals surface area contributed by atoms with Gasteiger partial charge in [0, 0.05) is 43.8 Å². The number of nitrogens with zero attached hydrogens (tertiary/aromatic N) is 4. The number of carbonyl (C=O) groups excluding carboxylic acids is 1. The van der Waals surface area contributed by atoms with Crippen LogP contribution in [0.5, 0.6) is 0 Å². The number of hydrogen-bond acceptors (Lipinski definition) is 4. The number of pyridine rings is 1. The van der Waals surface area contributed by atoms with E-state index in [0.29, 0.717) is 17.9 Å². The normalized spacial score (nSPS) is 14.1. The van der Waals surface area contributed by atoms with E-state index in [1.165, 1.54) is 6.42 Å². The van der Waals surface area contributed by atoms with Gasteiger partial charge in [-0.1, -0.05) is 18.2 Å². The fourth-order valence-corrected chi connectivity index (χ4v) is 3.44. The van der Waals surface area contributed by atoms with E-state index in [9.17, 15) is 4.79 Å². The molecule has 1 fully saturated rings. The van der Waals surface area contributed by atoms with Crippen molar-refractivity contribution in [1.29, 1.82) is 0 Å². The molecule has 0 aliphatic carbocycles. The summed E-state index contributed by atoms with van der Waals surface area (Å²) in [5, 5.41) is 3.35. The molecule has 4 rings (SSSR count). The lowest BCUT2D eigenvalue weighted by Gasteiger charge is -2.26. The van der Waals surface area contributed by atoms with E-state index >= 15 is 0 Å². The molecule has 1 aliphatic rings. The van der Waals surface area contributed by atoms with Gasteiger partial charge in [0.1, 0.15) is 5.82 Å². The minimum absolute atomic E-state index is 0.0963. The third-order valence-electron chi connectivity index (χ3n) is 4.88. The van der Waals surface area contributed by atoms with Crippen LogP contribution >= 0.6 is 0 Å². The standard InChI is InChI=1S/C21H23N5O/c27-21(25-11-4-1-5-12-25)17-8-9-23-20(14-17)24-15-18-6-2-3-7-19(18)26-13-10-22-16-26/h2-3,6-10,13-14,16H,1,4-5,11-12,15H2,(H,23,24). The molecule has 0 radical (unpaired) electrons. The van der Waals surface area contributed by atoms with Gasteiger partial charge in [-0.2, -0.15) is 0 Å². The molecule has 1 N–H and O–H groups in total. The van der Waals surface area contributed by atoms with Crippen molar-refractivity contribution < 1.29 is 4.79 Å².